The molecular formula is C16H17ClN4. The molecule has 4 nitrogen and oxygen atoms in total. The molecule has 1 aromatic carbocycles. The van der Waals surface area contributed by atoms with E-state index in [-0.39, 0.29) is 12.4 Å². The summed E-state index contributed by atoms with van der Waals surface area (Å²) in [6.07, 6.45) is 2.99. The second-order valence-electron chi connectivity index (χ2n) is 5.30. The van der Waals surface area contributed by atoms with Crippen LogP contribution in [0.3, 0.4) is 0 Å². The smallest absolute Gasteiger partial charge is 0.181 e. The van der Waals surface area contributed by atoms with Gasteiger partial charge in [-0.3, -0.25) is 5.10 Å². The van der Waals surface area contributed by atoms with Gasteiger partial charge >= 0.3 is 0 Å². The van der Waals surface area contributed by atoms with E-state index in [4.69, 9.17) is 0 Å². The van der Waals surface area contributed by atoms with Crippen LogP contribution in [0, 0.1) is 6.92 Å². The van der Waals surface area contributed by atoms with Gasteiger partial charge in [0.15, 0.2) is 5.65 Å². The van der Waals surface area contributed by atoms with E-state index < -0.39 is 0 Å². The highest BCUT2D eigenvalue weighted by Gasteiger charge is 2.19. The number of aromatic amines is 1. The normalized spacial score (nSPS) is 13.8. The Labute approximate surface area is 129 Å². The summed E-state index contributed by atoms with van der Waals surface area (Å²) in [6, 6.07) is 8.41. The van der Waals surface area contributed by atoms with Gasteiger partial charge in [-0.15, -0.1) is 12.4 Å². The van der Waals surface area contributed by atoms with Crippen LogP contribution >= 0.6 is 12.4 Å². The first-order valence-electron chi connectivity index (χ1n) is 6.96. The Morgan fingerprint density at radius 3 is 2.90 bits per heavy atom. The van der Waals surface area contributed by atoms with Crippen LogP contribution in [0.5, 0.6) is 0 Å². The largest absolute Gasteiger partial charge is 0.312 e. The fourth-order valence-corrected chi connectivity index (χ4v) is 3.01. The number of halogens is 1. The van der Waals surface area contributed by atoms with E-state index in [1.807, 2.05) is 6.20 Å². The van der Waals surface area contributed by atoms with Crippen molar-refractivity contribution in [3.63, 3.8) is 0 Å². The number of benzene rings is 1. The quantitative estimate of drug-likeness (QED) is 0.726. The van der Waals surface area contributed by atoms with E-state index in [0.29, 0.717) is 0 Å². The second-order valence-corrected chi connectivity index (χ2v) is 5.30. The molecule has 1 aliphatic heterocycles. The van der Waals surface area contributed by atoms with Gasteiger partial charge in [-0.25, -0.2) is 4.98 Å². The number of hydrogen-bond acceptors (Lipinski definition) is 3. The molecule has 3 heterocycles. The van der Waals surface area contributed by atoms with Gasteiger partial charge in [0.05, 0.1) is 11.1 Å². The Bertz CT molecular complexity index is 794. The fourth-order valence-electron chi connectivity index (χ4n) is 3.01. The highest BCUT2D eigenvalue weighted by atomic mass is 35.5. The molecule has 0 amide bonds. The first kappa shape index (κ1) is 14.0. The van der Waals surface area contributed by atoms with E-state index in [0.717, 1.165) is 30.9 Å². The molecular weight excluding hydrogens is 284 g/mol. The lowest BCUT2D eigenvalue weighted by atomic mass is 9.95. The summed E-state index contributed by atoms with van der Waals surface area (Å²) < 4.78 is 0. The van der Waals surface area contributed by atoms with Crippen LogP contribution in [-0.4, -0.2) is 21.7 Å². The Hall–Kier alpha value is -1.91. The Balaban J connectivity index is 0.00000132. The lowest BCUT2D eigenvalue weighted by Gasteiger charge is -2.17. The third-order valence-corrected chi connectivity index (χ3v) is 4.06. The van der Waals surface area contributed by atoms with Crippen LogP contribution in [0.1, 0.15) is 16.7 Å². The Morgan fingerprint density at radius 1 is 1.19 bits per heavy atom. The molecule has 0 spiro atoms. The van der Waals surface area contributed by atoms with Crippen molar-refractivity contribution in [3.05, 3.63) is 47.2 Å². The number of nitrogens with zero attached hydrogens (tertiary/aromatic N) is 2. The first-order valence-corrected chi connectivity index (χ1v) is 6.96. The fraction of sp³-hybridized carbons (Fsp3) is 0.250. The summed E-state index contributed by atoms with van der Waals surface area (Å²) in [5, 5.41) is 12.2. The van der Waals surface area contributed by atoms with Crippen LogP contribution in [-0.2, 0) is 13.0 Å². The van der Waals surface area contributed by atoms with Crippen molar-refractivity contribution in [2.24, 2.45) is 0 Å². The minimum absolute atomic E-state index is 0. The molecule has 2 aromatic heterocycles. The number of rotatable bonds is 1. The average molecular weight is 301 g/mol. The molecule has 0 fully saturated rings. The van der Waals surface area contributed by atoms with Crippen molar-refractivity contribution in [2.75, 3.05) is 6.54 Å². The summed E-state index contributed by atoms with van der Waals surface area (Å²) in [5.74, 6) is 0. The molecule has 0 atom stereocenters. The molecule has 0 aliphatic carbocycles. The van der Waals surface area contributed by atoms with Crippen LogP contribution in [0.4, 0.5) is 0 Å². The van der Waals surface area contributed by atoms with Crippen molar-refractivity contribution in [1.82, 2.24) is 20.5 Å². The number of fused-ring (bicyclic) bond motifs is 3. The van der Waals surface area contributed by atoms with E-state index >= 15 is 0 Å². The maximum atomic E-state index is 4.49. The second kappa shape index (κ2) is 5.47. The summed E-state index contributed by atoms with van der Waals surface area (Å²) >= 11 is 0. The molecule has 5 heteroatoms. The molecule has 4 rings (SSSR count). The molecule has 0 saturated heterocycles. The van der Waals surface area contributed by atoms with E-state index in [1.165, 1.54) is 27.6 Å². The van der Waals surface area contributed by atoms with Gasteiger partial charge in [-0.2, -0.15) is 5.10 Å². The maximum absolute atomic E-state index is 4.49. The molecule has 0 unspecified atom stereocenters. The van der Waals surface area contributed by atoms with Gasteiger partial charge in [0, 0.05) is 18.3 Å². The number of aromatic nitrogens is 3. The van der Waals surface area contributed by atoms with Crippen molar-refractivity contribution in [2.45, 2.75) is 19.9 Å². The predicted molar refractivity (Wildman–Crippen MR) is 86.7 cm³/mol. The molecule has 0 saturated carbocycles. The molecule has 108 valence electrons. The lowest BCUT2D eigenvalue weighted by Crippen LogP contribution is -2.24. The van der Waals surface area contributed by atoms with Crippen molar-refractivity contribution in [3.8, 4) is 11.3 Å². The molecule has 1 aliphatic rings. The Morgan fingerprint density at radius 2 is 2.05 bits per heavy atom. The summed E-state index contributed by atoms with van der Waals surface area (Å²) in [7, 11) is 0. The third-order valence-electron chi connectivity index (χ3n) is 4.06. The number of hydrogen-bond donors (Lipinski definition) is 2. The zero-order chi connectivity index (χ0) is 13.5. The topological polar surface area (TPSA) is 53.6 Å². The van der Waals surface area contributed by atoms with Gasteiger partial charge in [0.25, 0.3) is 0 Å². The number of pyridine rings is 1. The zero-order valence-corrected chi connectivity index (χ0v) is 12.6. The molecule has 21 heavy (non-hydrogen) atoms. The summed E-state index contributed by atoms with van der Waals surface area (Å²) in [6.45, 7) is 4.05. The monoisotopic (exact) mass is 300 g/mol. The molecule has 2 N–H and O–H groups in total. The van der Waals surface area contributed by atoms with E-state index in [9.17, 15) is 0 Å². The van der Waals surface area contributed by atoms with Gasteiger partial charge in [0.2, 0.25) is 0 Å². The van der Waals surface area contributed by atoms with Crippen molar-refractivity contribution < 1.29 is 0 Å². The lowest BCUT2D eigenvalue weighted by molar-refractivity contribution is 0.645. The summed E-state index contributed by atoms with van der Waals surface area (Å²) in [5.41, 5.74) is 7.07. The van der Waals surface area contributed by atoms with Crippen LogP contribution in [0.2, 0.25) is 0 Å². The van der Waals surface area contributed by atoms with Gasteiger partial charge in [-0.05, 0) is 36.6 Å². The highest BCUT2D eigenvalue weighted by Crippen LogP contribution is 2.32. The maximum Gasteiger partial charge on any atom is 0.181 e. The Kier molecular flexibility index (Phi) is 3.66. The minimum Gasteiger partial charge on any atom is -0.312 e. The SMILES string of the molecule is Cc1ccccc1-c1[nH]nc2ncc3c(c12)CCNC3.Cl. The van der Waals surface area contributed by atoms with Crippen LogP contribution in [0.25, 0.3) is 22.3 Å². The number of nitrogens with one attached hydrogen (secondary N) is 2. The zero-order valence-electron chi connectivity index (χ0n) is 11.8. The highest BCUT2D eigenvalue weighted by molar-refractivity contribution is 5.94. The van der Waals surface area contributed by atoms with Crippen LogP contribution < -0.4 is 5.32 Å². The van der Waals surface area contributed by atoms with Crippen molar-refractivity contribution >= 4 is 23.4 Å². The number of H-pyrrole nitrogens is 1. The average Bonchev–Trinajstić information content (AvgIpc) is 2.92. The first-order chi connectivity index (χ1) is 9.84. The van der Waals surface area contributed by atoms with Crippen molar-refractivity contribution in [1.29, 1.82) is 0 Å². The third kappa shape index (κ3) is 2.20. The summed E-state index contributed by atoms with van der Waals surface area (Å²) in [4.78, 5) is 4.49. The van der Waals surface area contributed by atoms with Gasteiger partial charge in [0.1, 0.15) is 0 Å². The molecule has 3 aromatic rings. The molecule has 0 bridgehead atoms. The number of aryl methyl sites for hydroxylation is 1. The standard InChI is InChI=1S/C16H16N4.ClH/c1-10-4-2-3-5-12(10)15-14-13-6-7-17-8-11(13)9-18-16(14)20-19-15;/h2-5,9,17H,6-8H2,1H3,(H,18,19,20);1H. The van der Waals surface area contributed by atoms with E-state index in [1.54, 1.807) is 0 Å². The van der Waals surface area contributed by atoms with Crippen LogP contribution in [0.15, 0.2) is 30.5 Å². The molecule has 0 radical (unpaired) electrons. The predicted octanol–water partition coefficient (Wildman–Crippen LogP) is 3.00. The van der Waals surface area contributed by atoms with Gasteiger partial charge < -0.3 is 5.32 Å². The van der Waals surface area contributed by atoms with Gasteiger partial charge in [-0.1, -0.05) is 24.3 Å². The minimum atomic E-state index is 0. The van der Waals surface area contributed by atoms with E-state index in [2.05, 4.69) is 51.7 Å².